The summed E-state index contributed by atoms with van der Waals surface area (Å²) >= 11 is 0. The van der Waals surface area contributed by atoms with Gasteiger partial charge in [0.05, 0.1) is 11.4 Å². The van der Waals surface area contributed by atoms with E-state index in [-0.39, 0.29) is 18.4 Å². The monoisotopic (exact) mass is 298 g/mol. The highest BCUT2D eigenvalue weighted by Gasteiger charge is 2.36. The zero-order chi connectivity index (χ0) is 14.6. The van der Waals surface area contributed by atoms with Crippen molar-refractivity contribution in [3.05, 3.63) is 24.3 Å². The predicted octanol–water partition coefficient (Wildman–Crippen LogP) is 1.85. The van der Waals surface area contributed by atoms with Crippen LogP contribution < -0.4 is 10.5 Å². The van der Waals surface area contributed by atoms with Crippen molar-refractivity contribution in [1.82, 2.24) is 4.31 Å². The Bertz CT molecular complexity index is 541. The number of anilines is 1. The average Bonchev–Trinajstić information content (AvgIpc) is 3.22. The molecule has 0 atom stereocenters. The third-order valence-electron chi connectivity index (χ3n) is 3.27. The van der Waals surface area contributed by atoms with Gasteiger partial charge in [-0.25, -0.2) is 8.42 Å². The van der Waals surface area contributed by atoms with Crippen LogP contribution in [0, 0.1) is 0 Å². The Morgan fingerprint density at radius 1 is 1.35 bits per heavy atom. The van der Waals surface area contributed by atoms with E-state index in [1.165, 1.54) is 0 Å². The molecule has 1 aliphatic rings. The lowest BCUT2D eigenvalue weighted by atomic mass is 10.3. The smallest absolute Gasteiger partial charge is 0.217 e. The van der Waals surface area contributed by atoms with Gasteiger partial charge in [0, 0.05) is 12.6 Å². The molecule has 112 valence electrons. The second kappa shape index (κ2) is 6.45. The summed E-state index contributed by atoms with van der Waals surface area (Å²) in [5, 5.41) is 0. The molecule has 0 aliphatic heterocycles. The molecule has 2 rings (SSSR count). The number of benzene rings is 1. The Morgan fingerprint density at radius 3 is 2.65 bits per heavy atom. The van der Waals surface area contributed by atoms with Gasteiger partial charge in [0.2, 0.25) is 10.0 Å². The number of sulfonamides is 1. The second-order valence-electron chi connectivity index (χ2n) is 5.04. The van der Waals surface area contributed by atoms with E-state index < -0.39 is 10.0 Å². The van der Waals surface area contributed by atoms with Crippen molar-refractivity contribution in [2.45, 2.75) is 32.2 Å². The van der Waals surface area contributed by atoms with Crippen LogP contribution in [0.25, 0.3) is 0 Å². The third-order valence-corrected chi connectivity index (χ3v) is 5.15. The number of rotatable bonds is 8. The number of para-hydroxylation sites is 2. The Kier molecular flexibility index (Phi) is 4.88. The van der Waals surface area contributed by atoms with Gasteiger partial charge in [0.25, 0.3) is 0 Å². The summed E-state index contributed by atoms with van der Waals surface area (Å²) in [6.45, 7) is 2.72. The molecule has 0 amide bonds. The molecule has 0 saturated heterocycles. The lowest BCUT2D eigenvalue weighted by molar-refractivity contribution is 0.334. The molecule has 1 aliphatic carbocycles. The van der Waals surface area contributed by atoms with Crippen LogP contribution in [-0.4, -0.2) is 37.7 Å². The topological polar surface area (TPSA) is 72.6 Å². The van der Waals surface area contributed by atoms with Gasteiger partial charge in [-0.1, -0.05) is 19.1 Å². The maximum absolute atomic E-state index is 12.3. The SMILES string of the molecule is CCCN(C1CC1)S(=O)(=O)CCOc1ccccc1N. The van der Waals surface area contributed by atoms with Gasteiger partial charge in [-0.05, 0) is 31.4 Å². The van der Waals surface area contributed by atoms with Crippen LogP contribution >= 0.6 is 0 Å². The van der Waals surface area contributed by atoms with Crippen LogP contribution in [0.15, 0.2) is 24.3 Å². The first-order valence-electron chi connectivity index (χ1n) is 7.01. The molecule has 0 aromatic heterocycles. The molecule has 0 unspecified atom stereocenters. The first-order valence-corrected chi connectivity index (χ1v) is 8.62. The minimum Gasteiger partial charge on any atom is -0.490 e. The first kappa shape index (κ1) is 15.1. The minimum atomic E-state index is -3.24. The first-order chi connectivity index (χ1) is 9.54. The fourth-order valence-electron chi connectivity index (χ4n) is 2.12. The van der Waals surface area contributed by atoms with Gasteiger partial charge in [-0.3, -0.25) is 0 Å². The highest BCUT2D eigenvalue weighted by Crippen LogP contribution is 2.29. The molecule has 5 nitrogen and oxygen atoms in total. The van der Waals surface area contributed by atoms with Crippen molar-refractivity contribution in [3.63, 3.8) is 0 Å². The Labute approximate surface area is 120 Å². The highest BCUT2D eigenvalue weighted by molar-refractivity contribution is 7.89. The molecule has 0 heterocycles. The van der Waals surface area contributed by atoms with E-state index in [0.717, 1.165) is 19.3 Å². The summed E-state index contributed by atoms with van der Waals surface area (Å²) in [6.07, 6.45) is 2.79. The van der Waals surface area contributed by atoms with E-state index in [0.29, 0.717) is 18.0 Å². The lowest BCUT2D eigenvalue weighted by Crippen LogP contribution is -2.37. The summed E-state index contributed by atoms with van der Waals surface area (Å²) < 4.78 is 31.7. The molecule has 6 heteroatoms. The van der Waals surface area contributed by atoms with E-state index in [4.69, 9.17) is 10.5 Å². The number of nitrogens with zero attached hydrogens (tertiary/aromatic N) is 1. The number of ether oxygens (including phenoxy) is 1. The Morgan fingerprint density at radius 2 is 2.05 bits per heavy atom. The lowest BCUT2D eigenvalue weighted by Gasteiger charge is -2.21. The number of hydrogen-bond donors (Lipinski definition) is 1. The summed E-state index contributed by atoms with van der Waals surface area (Å²) in [5.41, 5.74) is 6.28. The van der Waals surface area contributed by atoms with Crippen molar-refractivity contribution in [2.75, 3.05) is 24.6 Å². The molecular formula is C14H22N2O3S. The minimum absolute atomic E-state index is 0.00215. The molecule has 1 aromatic carbocycles. The molecule has 0 spiro atoms. The van der Waals surface area contributed by atoms with Gasteiger partial charge >= 0.3 is 0 Å². The zero-order valence-corrected chi connectivity index (χ0v) is 12.6. The normalized spacial score (nSPS) is 15.5. The molecule has 1 aromatic rings. The van der Waals surface area contributed by atoms with Crippen molar-refractivity contribution in [1.29, 1.82) is 0 Å². The van der Waals surface area contributed by atoms with Crippen LogP contribution in [0.1, 0.15) is 26.2 Å². The molecule has 0 bridgehead atoms. The van der Waals surface area contributed by atoms with Crippen molar-refractivity contribution < 1.29 is 13.2 Å². The Balaban J connectivity index is 1.90. The fourth-order valence-corrected chi connectivity index (χ4v) is 3.77. The largest absolute Gasteiger partial charge is 0.490 e. The van der Waals surface area contributed by atoms with Crippen molar-refractivity contribution >= 4 is 15.7 Å². The second-order valence-corrected chi connectivity index (χ2v) is 7.09. The summed E-state index contributed by atoms with van der Waals surface area (Å²) in [5.74, 6) is 0.536. The predicted molar refractivity (Wildman–Crippen MR) is 80.2 cm³/mol. The zero-order valence-electron chi connectivity index (χ0n) is 11.8. The van der Waals surface area contributed by atoms with E-state index in [9.17, 15) is 8.42 Å². The van der Waals surface area contributed by atoms with E-state index in [2.05, 4.69) is 0 Å². The van der Waals surface area contributed by atoms with Gasteiger partial charge in [-0.15, -0.1) is 0 Å². The molecule has 1 saturated carbocycles. The van der Waals surface area contributed by atoms with Crippen LogP contribution in [0.4, 0.5) is 5.69 Å². The van der Waals surface area contributed by atoms with Crippen LogP contribution in [0.3, 0.4) is 0 Å². The van der Waals surface area contributed by atoms with E-state index in [1.54, 1.807) is 16.4 Å². The summed E-state index contributed by atoms with van der Waals surface area (Å²) in [4.78, 5) is 0. The van der Waals surface area contributed by atoms with E-state index in [1.807, 2.05) is 19.1 Å². The standard InChI is InChI=1S/C14H22N2O3S/c1-2-9-16(12-7-8-12)20(17,18)11-10-19-14-6-4-3-5-13(14)15/h3-6,12H,2,7-11,15H2,1H3. The maximum Gasteiger partial charge on any atom is 0.217 e. The quantitative estimate of drug-likeness (QED) is 0.743. The van der Waals surface area contributed by atoms with Crippen molar-refractivity contribution in [3.8, 4) is 5.75 Å². The van der Waals surface area contributed by atoms with Crippen LogP contribution in [0.2, 0.25) is 0 Å². The van der Waals surface area contributed by atoms with Gasteiger partial charge in [0.1, 0.15) is 12.4 Å². The van der Waals surface area contributed by atoms with Crippen LogP contribution in [-0.2, 0) is 10.0 Å². The summed E-state index contributed by atoms with van der Waals surface area (Å²) in [6, 6.07) is 7.31. The number of hydrogen-bond acceptors (Lipinski definition) is 4. The third kappa shape index (κ3) is 3.86. The molecule has 1 fully saturated rings. The van der Waals surface area contributed by atoms with Gasteiger partial charge in [-0.2, -0.15) is 4.31 Å². The van der Waals surface area contributed by atoms with Gasteiger partial charge < -0.3 is 10.5 Å². The van der Waals surface area contributed by atoms with Gasteiger partial charge in [0.15, 0.2) is 0 Å². The average molecular weight is 298 g/mol. The highest BCUT2D eigenvalue weighted by atomic mass is 32.2. The van der Waals surface area contributed by atoms with Crippen molar-refractivity contribution in [2.24, 2.45) is 0 Å². The Hall–Kier alpha value is -1.27. The molecule has 0 radical (unpaired) electrons. The fraction of sp³-hybridized carbons (Fsp3) is 0.571. The molecular weight excluding hydrogens is 276 g/mol. The summed E-state index contributed by atoms with van der Waals surface area (Å²) in [7, 11) is -3.24. The number of nitrogen functional groups attached to an aromatic ring is 1. The molecule has 20 heavy (non-hydrogen) atoms. The van der Waals surface area contributed by atoms with E-state index >= 15 is 0 Å². The number of nitrogens with two attached hydrogens (primary N) is 1. The van der Waals surface area contributed by atoms with Crippen LogP contribution in [0.5, 0.6) is 5.75 Å². The maximum atomic E-state index is 12.3. The molecule has 2 N–H and O–H groups in total.